The van der Waals surface area contributed by atoms with E-state index in [0.717, 1.165) is 18.5 Å². The first-order valence-electron chi connectivity index (χ1n) is 7.39. The van der Waals surface area contributed by atoms with E-state index in [-0.39, 0.29) is 24.0 Å². The summed E-state index contributed by atoms with van der Waals surface area (Å²) in [7, 11) is 0. The summed E-state index contributed by atoms with van der Waals surface area (Å²) < 4.78 is 0. The SMILES string of the molecule is CCc1ccc(NC(N)=NCCc2ccccc2C)cc1.I. The Morgan fingerprint density at radius 3 is 2.41 bits per heavy atom. The summed E-state index contributed by atoms with van der Waals surface area (Å²) >= 11 is 0. The molecule has 22 heavy (non-hydrogen) atoms. The summed E-state index contributed by atoms with van der Waals surface area (Å²) in [5.41, 5.74) is 10.8. The van der Waals surface area contributed by atoms with Gasteiger partial charge >= 0.3 is 0 Å². The van der Waals surface area contributed by atoms with Crippen molar-refractivity contribution < 1.29 is 0 Å². The van der Waals surface area contributed by atoms with Gasteiger partial charge in [0, 0.05) is 12.2 Å². The van der Waals surface area contributed by atoms with Crippen molar-refractivity contribution in [1.82, 2.24) is 0 Å². The van der Waals surface area contributed by atoms with Gasteiger partial charge in [-0.1, -0.05) is 43.3 Å². The highest BCUT2D eigenvalue weighted by atomic mass is 127. The van der Waals surface area contributed by atoms with Gasteiger partial charge < -0.3 is 11.1 Å². The molecular formula is C18H24IN3. The molecule has 2 rings (SSSR count). The first-order valence-corrected chi connectivity index (χ1v) is 7.39. The van der Waals surface area contributed by atoms with Crippen LogP contribution in [0.3, 0.4) is 0 Å². The second kappa shape index (κ2) is 9.46. The first-order chi connectivity index (χ1) is 10.2. The van der Waals surface area contributed by atoms with Crippen LogP contribution in [0, 0.1) is 6.92 Å². The number of nitrogens with two attached hydrogens (primary N) is 1. The summed E-state index contributed by atoms with van der Waals surface area (Å²) in [6, 6.07) is 16.6. The maximum absolute atomic E-state index is 5.92. The van der Waals surface area contributed by atoms with Crippen molar-refractivity contribution in [2.24, 2.45) is 10.7 Å². The average Bonchev–Trinajstić information content (AvgIpc) is 2.50. The molecule has 0 heterocycles. The van der Waals surface area contributed by atoms with E-state index in [1.54, 1.807) is 0 Å². The zero-order valence-corrected chi connectivity index (χ0v) is 15.5. The predicted molar refractivity (Wildman–Crippen MR) is 106 cm³/mol. The van der Waals surface area contributed by atoms with Crippen molar-refractivity contribution >= 4 is 35.6 Å². The number of rotatable bonds is 5. The lowest BCUT2D eigenvalue weighted by Gasteiger charge is -2.07. The van der Waals surface area contributed by atoms with Crippen LogP contribution in [0.2, 0.25) is 0 Å². The summed E-state index contributed by atoms with van der Waals surface area (Å²) in [4.78, 5) is 4.38. The third kappa shape index (κ3) is 5.67. The van der Waals surface area contributed by atoms with Gasteiger partial charge in [-0.25, -0.2) is 0 Å². The second-order valence-corrected chi connectivity index (χ2v) is 5.12. The Bertz CT molecular complexity index is 606. The largest absolute Gasteiger partial charge is 0.370 e. The number of anilines is 1. The normalized spacial score (nSPS) is 10.9. The maximum Gasteiger partial charge on any atom is 0.193 e. The molecule has 0 aliphatic carbocycles. The Balaban J connectivity index is 0.00000242. The Kier molecular flexibility index (Phi) is 7.95. The van der Waals surface area contributed by atoms with Crippen LogP contribution < -0.4 is 11.1 Å². The molecule has 2 aromatic carbocycles. The molecule has 0 aliphatic rings. The van der Waals surface area contributed by atoms with Gasteiger partial charge in [0.1, 0.15) is 0 Å². The molecular weight excluding hydrogens is 385 g/mol. The van der Waals surface area contributed by atoms with Gasteiger partial charge in [0.2, 0.25) is 0 Å². The third-order valence-electron chi connectivity index (χ3n) is 3.56. The number of aryl methyl sites for hydroxylation is 2. The van der Waals surface area contributed by atoms with Crippen molar-refractivity contribution in [2.75, 3.05) is 11.9 Å². The second-order valence-electron chi connectivity index (χ2n) is 5.12. The first kappa shape index (κ1) is 18.5. The number of benzene rings is 2. The van der Waals surface area contributed by atoms with Crippen LogP contribution in [0.1, 0.15) is 23.6 Å². The molecule has 0 aliphatic heterocycles. The molecule has 3 N–H and O–H groups in total. The standard InChI is InChI=1S/C18H23N3.HI/c1-3-15-8-10-17(11-9-15)21-18(19)20-13-12-16-7-5-4-6-14(16)2;/h4-11H,3,12-13H2,1-2H3,(H3,19,20,21);1H. The van der Waals surface area contributed by atoms with Crippen molar-refractivity contribution in [3.05, 3.63) is 65.2 Å². The number of guanidine groups is 1. The number of hydrogen-bond donors (Lipinski definition) is 2. The van der Waals surface area contributed by atoms with E-state index in [0.29, 0.717) is 12.5 Å². The van der Waals surface area contributed by atoms with Crippen LogP contribution in [-0.2, 0) is 12.8 Å². The van der Waals surface area contributed by atoms with Gasteiger partial charge in [-0.2, -0.15) is 0 Å². The van der Waals surface area contributed by atoms with Crippen LogP contribution in [-0.4, -0.2) is 12.5 Å². The van der Waals surface area contributed by atoms with E-state index in [4.69, 9.17) is 5.73 Å². The van der Waals surface area contributed by atoms with Crippen molar-refractivity contribution in [2.45, 2.75) is 26.7 Å². The fourth-order valence-corrected chi connectivity index (χ4v) is 2.20. The Hall–Kier alpha value is -1.56. The van der Waals surface area contributed by atoms with E-state index in [1.165, 1.54) is 16.7 Å². The monoisotopic (exact) mass is 409 g/mol. The van der Waals surface area contributed by atoms with Gasteiger partial charge in [0.25, 0.3) is 0 Å². The molecule has 0 aromatic heterocycles. The maximum atomic E-state index is 5.92. The van der Waals surface area contributed by atoms with Crippen LogP contribution in [0.25, 0.3) is 0 Å². The smallest absolute Gasteiger partial charge is 0.193 e. The molecule has 118 valence electrons. The number of nitrogens with zero attached hydrogens (tertiary/aromatic N) is 1. The molecule has 0 atom stereocenters. The summed E-state index contributed by atoms with van der Waals surface area (Å²) in [5.74, 6) is 0.466. The Morgan fingerprint density at radius 2 is 1.77 bits per heavy atom. The van der Waals surface area contributed by atoms with Crippen LogP contribution in [0.4, 0.5) is 5.69 Å². The summed E-state index contributed by atoms with van der Waals surface area (Å²) in [6.07, 6.45) is 1.95. The highest BCUT2D eigenvalue weighted by Crippen LogP contribution is 2.10. The lowest BCUT2D eigenvalue weighted by Crippen LogP contribution is -2.23. The van der Waals surface area contributed by atoms with E-state index >= 15 is 0 Å². The average molecular weight is 409 g/mol. The van der Waals surface area contributed by atoms with Crippen LogP contribution in [0.15, 0.2) is 53.5 Å². The lowest BCUT2D eigenvalue weighted by atomic mass is 10.1. The minimum atomic E-state index is 0. The van der Waals surface area contributed by atoms with E-state index in [2.05, 4.69) is 60.6 Å². The van der Waals surface area contributed by atoms with Gasteiger partial charge in [-0.15, -0.1) is 24.0 Å². The molecule has 3 nitrogen and oxygen atoms in total. The van der Waals surface area contributed by atoms with Gasteiger partial charge in [-0.3, -0.25) is 4.99 Å². The zero-order valence-electron chi connectivity index (χ0n) is 13.2. The molecule has 0 bridgehead atoms. The zero-order chi connectivity index (χ0) is 15.1. The molecule has 0 spiro atoms. The predicted octanol–water partition coefficient (Wildman–Crippen LogP) is 4.14. The summed E-state index contributed by atoms with van der Waals surface area (Å²) in [6.45, 7) is 4.95. The number of nitrogens with one attached hydrogen (secondary N) is 1. The van der Waals surface area contributed by atoms with E-state index < -0.39 is 0 Å². The fraction of sp³-hybridized carbons (Fsp3) is 0.278. The van der Waals surface area contributed by atoms with Gasteiger partial charge in [0.15, 0.2) is 5.96 Å². The molecule has 0 saturated carbocycles. The molecule has 0 radical (unpaired) electrons. The minimum absolute atomic E-state index is 0. The highest BCUT2D eigenvalue weighted by Gasteiger charge is 1.98. The molecule has 0 fully saturated rings. The van der Waals surface area contributed by atoms with Crippen LogP contribution >= 0.6 is 24.0 Å². The Labute approximate surface area is 150 Å². The van der Waals surface area contributed by atoms with Crippen molar-refractivity contribution in [3.8, 4) is 0 Å². The van der Waals surface area contributed by atoms with Crippen LogP contribution in [0.5, 0.6) is 0 Å². The molecule has 0 amide bonds. The Morgan fingerprint density at radius 1 is 1.09 bits per heavy atom. The van der Waals surface area contributed by atoms with E-state index in [1.807, 2.05) is 12.1 Å². The molecule has 2 aromatic rings. The van der Waals surface area contributed by atoms with Crippen molar-refractivity contribution in [3.63, 3.8) is 0 Å². The molecule has 0 saturated heterocycles. The van der Waals surface area contributed by atoms with E-state index in [9.17, 15) is 0 Å². The molecule has 0 unspecified atom stereocenters. The number of hydrogen-bond acceptors (Lipinski definition) is 1. The van der Waals surface area contributed by atoms with Gasteiger partial charge in [0.05, 0.1) is 0 Å². The topological polar surface area (TPSA) is 50.4 Å². The number of aliphatic imine (C=N–C) groups is 1. The summed E-state index contributed by atoms with van der Waals surface area (Å²) in [5, 5.41) is 3.12. The lowest BCUT2D eigenvalue weighted by molar-refractivity contribution is 0.954. The number of halogens is 1. The van der Waals surface area contributed by atoms with Crippen molar-refractivity contribution in [1.29, 1.82) is 0 Å². The quantitative estimate of drug-likeness (QED) is 0.443. The highest BCUT2D eigenvalue weighted by molar-refractivity contribution is 14.0. The molecule has 4 heteroatoms. The third-order valence-corrected chi connectivity index (χ3v) is 3.56. The minimum Gasteiger partial charge on any atom is -0.370 e. The van der Waals surface area contributed by atoms with Gasteiger partial charge in [-0.05, 0) is 48.6 Å². The fourth-order valence-electron chi connectivity index (χ4n) is 2.20.